The van der Waals surface area contributed by atoms with E-state index in [0.717, 1.165) is 18.8 Å². The largest absolute Gasteiger partial charge is 0.494 e. The summed E-state index contributed by atoms with van der Waals surface area (Å²) in [6, 6.07) is 8.42. The predicted octanol–water partition coefficient (Wildman–Crippen LogP) is 4.21. The average Bonchev–Trinajstić information content (AvgIpc) is 2.94. The van der Waals surface area contributed by atoms with Gasteiger partial charge in [-0.1, -0.05) is 26.0 Å². The minimum Gasteiger partial charge on any atom is -0.494 e. The van der Waals surface area contributed by atoms with E-state index in [4.69, 9.17) is 9.15 Å². The number of hydrogen-bond acceptors (Lipinski definition) is 5. The summed E-state index contributed by atoms with van der Waals surface area (Å²) in [6.45, 7) is 11.1. The van der Waals surface area contributed by atoms with Crippen molar-refractivity contribution < 1.29 is 9.15 Å². The molecule has 0 unspecified atom stereocenters. The number of nitrogens with zero attached hydrogens (tertiary/aromatic N) is 2. The zero-order valence-corrected chi connectivity index (χ0v) is 14.7. The minimum atomic E-state index is 0.00756. The fourth-order valence-electron chi connectivity index (χ4n) is 2.29. The Morgan fingerprint density at radius 3 is 2.30 bits per heavy atom. The van der Waals surface area contributed by atoms with Gasteiger partial charge in [0, 0.05) is 13.0 Å². The van der Waals surface area contributed by atoms with Gasteiger partial charge >= 0.3 is 0 Å². The molecule has 0 saturated heterocycles. The summed E-state index contributed by atoms with van der Waals surface area (Å²) >= 11 is 0. The Kier molecular flexibility index (Phi) is 6.16. The van der Waals surface area contributed by atoms with Crippen LogP contribution in [-0.2, 0) is 0 Å². The molecule has 2 rings (SSSR count). The number of nitrogens with one attached hydrogen (secondary N) is 1. The highest BCUT2D eigenvalue weighted by atomic mass is 16.5. The molecule has 5 heteroatoms. The molecule has 0 spiro atoms. The SMILES string of the molecule is Cc1nnc([C@@H](C)N[C@H](C)c2ccc(OCCC(C)C)cc2)o1. The molecular formula is C18H27N3O2. The summed E-state index contributed by atoms with van der Waals surface area (Å²) in [6.07, 6.45) is 1.07. The second kappa shape index (κ2) is 8.11. The van der Waals surface area contributed by atoms with Crippen LogP contribution in [0.15, 0.2) is 28.7 Å². The molecule has 0 aliphatic heterocycles. The first-order chi connectivity index (χ1) is 11.0. The molecule has 0 aliphatic carbocycles. The Bertz CT molecular complexity index is 593. The molecule has 1 N–H and O–H groups in total. The molecule has 23 heavy (non-hydrogen) atoms. The van der Waals surface area contributed by atoms with E-state index in [1.54, 1.807) is 6.92 Å². The standard InChI is InChI=1S/C18H27N3O2/c1-12(2)10-11-22-17-8-6-16(7-9-17)13(3)19-14(4)18-21-20-15(5)23-18/h6-9,12-14,19H,10-11H2,1-5H3/t13-,14-/m1/s1. The zero-order valence-electron chi connectivity index (χ0n) is 14.7. The van der Waals surface area contributed by atoms with Crippen LogP contribution in [0.1, 0.15) is 63.5 Å². The van der Waals surface area contributed by atoms with E-state index in [9.17, 15) is 0 Å². The summed E-state index contributed by atoms with van der Waals surface area (Å²) in [4.78, 5) is 0. The van der Waals surface area contributed by atoms with Crippen LogP contribution in [0.5, 0.6) is 5.75 Å². The lowest BCUT2D eigenvalue weighted by atomic mass is 10.1. The maximum Gasteiger partial charge on any atom is 0.233 e. The fourth-order valence-corrected chi connectivity index (χ4v) is 2.29. The zero-order chi connectivity index (χ0) is 16.8. The van der Waals surface area contributed by atoms with Crippen molar-refractivity contribution in [2.75, 3.05) is 6.61 Å². The number of benzene rings is 1. The van der Waals surface area contributed by atoms with Gasteiger partial charge in [-0.15, -0.1) is 10.2 Å². The van der Waals surface area contributed by atoms with E-state index in [1.165, 1.54) is 5.56 Å². The lowest BCUT2D eigenvalue weighted by Crippen LogP contribution is -2.22. The maximum atomic E-state index is 5.75. The first-order valence-corrected chi connectivity index (χ1v) is 8.24. The highest BCUT2D eigenvalue weighted by Gasteiger charge is 2.16. The van der Waals surface area contributed by atoms with Gasteiger partial charge in [-0.05, 0) is 43.9 Å². The Balaban J connectivity index is 1.88. The van der Waals surface area contributed by atoms with Gasteiger partial charge in [0.15, 0.2) is 0 Å². The summed E-state index contributed by atoms with van der Waals surface area (Å²) in [5.74, 6) is 2.78. The number of aromatic nitrogens is 2. The Labute approximate surface area is 138 Å². The van der Waals surface area contributed by atoms with E-state index >= 15 is 0 Å². The Morgan fingerprint density at radius 1 is 1.04 bits per heavy atom. The summed E-state index contributed by atoms with van der Waals surface area (Å²) in [5.41, 5.74) is 1.20. The molecule has 1 aromatic heterocycles. The minimum absolute atomic E-state index is 0.00756. The third kappa shape index (κ3) is 5.36. The predicted molar refractivity (Wildman–Crippen MR) is 90.4 cm³/mol. The molecule has 0 aliphatic rings. The van der Waals surface area contributed by atoms with Crippen LogP contribution in [0.3, 0.4) is 0 Å². The second-order valence-corrected chi connectivity index (χ2v) is 6.37. The van der Waals surface area contributed by atoms with Gasteiger partial charge in [0.25, 0.3) is 0 Å². The van der Waals surface area contributed by atoms with Gasteiger partial charge in [0.1, 0.15) is 5.75 Å². The average molecular weight is 317 g/mol. The number of hydrogen-bond donors (Lipinski definition) is 1. The van der Waals surface area contributed by atoms with Crippen LogP contribution < -0.4 is 10.1 Å². The van der Waals surface area contributed by atoms with Gasteiger partial charge < -0.3 is 9.15 Å². The van der Waals surface area contributed by atoms with Gasteiger partial charge in [-0.3, -0.25) is 5.32 Å². The van der Waals surface area contributed by atoms with Crippen molar-refractivity contribution in [3.05, 3.63) is 41.6 Å². The molecule has 0 saturated carbocycles. The van der Waals surface area contributed by atoms with Crippen LogP contribution in [0.2, 0.25) is 0 Å². The Hall–Kier alpha value is -1.88. The number of ether oxygens (including phenoxy) is 1. The summed E-state index contributed by atoms with van der Waals surface area (Å²) in [5, 5.41) is 11.4. The van der Waals surface area contributed by atoms with Gasteiger partial charge in [0.05, 0.1) is 12.6 Å². The molecule has 2 aromatic rings. The molecule has 5 nitrogen and oxygen atoms in total. The lowest BCUT2D eigenvalue weighted by Gasteiger charge is -2.18. The van der Waals surface area contributed by atoms with E-state index in [0.29, 0.717) is 17.7 Å². The van der Waals surface area contributed by atoms with E-state index < -0.39 is 0 Å². The van der Waals surface area contributed by atoms with Crippen molar-refractivity contribution in [1.29, 1.82) is 0 Å². The first kappa shape index (κ1) is 17.5. The molecule has 2 atom stereocenters. The monoisotopic (exact) mass is 317 g/mol. The van der Waals surface area contributed by atoms with Crippen LogP contribution in [0.4, 0.5) is 0 Å². The molecule has 126 valence electrons. The number of rotatable bonds is 8. The summed E-state index contributed by atoms with van der Waals surface area (Å²) < 4.78 is 11.2. The quantitative estimate of drug-likeness (QED) is 0.790. The molecule has 1 heterocycles. The normalized spacial score (nSPS) is 14.0. The third-order valence-corrected chi connectivity index (χ3v) is 3.76. The second-order valence-electron chi connectivity index (χ2n) is 6.37. The molecule has 0 fully saturated rings. The highest BCUT2D eigenvalue weighted by molar-refractivity contribution is 5.29. The molecule has 0 amide bonds. The van der Waals surface area contributed by atoms with Crippen molar-refractivity contribution in [3.63, 3.8) is 0 Å². The van der Waals surface area contributed by atoms with Crippen molar-refractivity contribution in [2.45, 2.75) is 53.1 Å². The van der Waals surface area contributed by atoms with E-state index in [2.05, 4.69) is 48.4 Å². The molecule has 0 bridgehead atoms. The van der Waals surface area contributed by atoms with Crippen molar-refractivity contribution in [2.24, 2.45) is 5.92 Å². The maximum absolute atomic E-state index is 5.75. The Morgan fingerprint density at radius 2 is 1.74 bits per heavy atom. The highest BCUT2D eigenvalue weighted by Crippen LogP contribution is 2.21. The topological polar surface area (TPSA) is 60.2 Å². The van der Waals surface area contributed by atoms with E-state index in [1.807, 2.05) is 19.1 Å². The van der Waals surface area contributed by atoms with Crippen LogP contribution in [0.25, 0.3) is 0 Å². The molecular weight excluding hydrogens is 290 g/mol. The molecule has 1 aromatic carbocycles. The van der Waals surface area contributed by atoms with Crippen LogP contribution in [-0.4, -0.2) is 16.8 Å². The fraction of sp³-hybridized carbons (Fsp3) is 0.556. The van der Waals surface area contributed by atoms with Gasteiger partial charge in [-0.2, -0.15) is 0 Å². The number of aryl methyl sites for hydroxylation is 1. The smallest absolute Gasteiger partial charge is 0.233 e. The lowest BCUT2D eigenvalue weighted by molar-refractivity contribution is 0.289. The van der Waals surface area contributed by atoms with Gasteiger partial charge in [-0.25, -0.2) is 0 Å². The van der Waals surface area contributed by atoms with Crippen molar-refractivity contribution in [1.82, 2.24) is 15.5 Å². The van der Waals surface area contributed by atoms with Crippen LogP contribution in [0, 0.1) is 12.8 Å². The van der Waals surface area contributed by atoms with Crippen molar-refractivity contribution >= 4 is 0 Å². The van der Waals surface area contributed by atoms with Crippen LogP contribution >= 0.6 is 0 Å². The van der Waals surface area contributed by atoms with E-state index in [-0.39, 0.29) is 12.1 Å². The van der Waals surface area contributed by atoms with Crippen molar-refractivity contribution in [3.8, 4) is 5.75 Å². The first-order valence-electron chi connectivity index (χ1n) is 8.24. The third-order valence-electron chi connectivity index (χ3n) is 3.76. The summed E-state index contributed by atoms with van der Waals surface area (Å²) in [7, 11) is 0. The molecule has 0 radical (unpaired) electrons. The van der Waals surface area contributed by atoms with Gasteiger partial charge in [0.2, 0.25) is 11.8 Å².